The Kier molecular flexibility index (Phi) is 4.35. The molecule has 112 valence electrons. The molecule has 1 atom stereocenters. The SMILES string of the molecule is CC(Cc1ccccc1)Nc1cc(C(F)(F)F)cc(N)n1. The molecule has 0 amide bonds. The van der Waals surface area contributed by atoms with Crippen LogP contribution in [0, 0.1) is 0 Å². The van der Waals surface area contributed by atoms with E-state index in [0.29, 0.717) is 6.42 Å². The van der Waals surface area contributed by atoms with E-state index < -0.39 is 11.7 Å². The third kappa shape index (κ3) is 4.37. The largest absolute Gasteiger partial charge is 0.416 e. The van der Waals surface area contributed by atoms with Crippen LogP contribution in [-0.2, 0) is 12.6 Å². The minimum absolute atomic E-state index is 0.0669. The zero-order valence-electron chi connectivity index (χ0n) is 11.5. The van der Waals surface area contributed by atoms with Crippen LogP contribution in [-0.4, -0.2) is 11.0 Å². The third-order valence-corrected chi connectivity index (χ3v) is 2.95. The number of hydrogen-bond acceptors (Lipinski definition) is 3. The van der Waals surface area contributed by atoms with Crippen molar-refractivity contribution in [1.82, 2.24) is 4.98 Å². The lowest BCUT2D eigenvalue weighted by Gasteiger charge is -2.16. The normalized spacial score (nSPS) is 13.0. The van der Waals surface area contributed by atoms with Crippen LogP contribution in [0.5, 0.6) is 0 Å². The number of benzene rings is 1. The van der Waals surface area contributed by atoms with Crippen LogP contribution in [0.1, 0.15) is 18.1 Å². The Balaban J connectivity index is 2.10. The molecule has 0 spiro atoms. The molecule has 6 heteroatoms. The number of hydrogen-bond donors (Lipinski definition) is 2. The second kappa shape index (κ2) is 6.03. The van der Waals surface area contributed by atoms with Gasteiger partial charge in [0.25, 0.3) is 0 Å². The molecule has 2 aromatic rings. The van der Waals surface area contributed by atoms with Gasteiger partial charge in [0.15, 0.2) is 0 Å². The number of anilines is 2. The van der Waals surface area contributed by atoms with E-state index in [1.165, 1.54) is 0 Å². The first-order chi connectivity index (χ1) is 9.84. The summed E-state index contributed by atoms with van der Waals surface area (Å²) in [7, 11) is 0. The average molecular weight is 295 g/mol. The van der Waals surface area contributed by atoms with Crippen molar-refractivity contribution in [2.45, 2.75) is 25.6 Å². The Morgan fingerprint density at radius 1 is 1.19 bits per heavy atom. The summed E-state index contributed by atoms with van der Waals surface area (Å²) in [4.78, 5) is 3.90. The number of pyridine rings is 1. The zero-order valence-corrected chi connectivity index (χ0v) is 11.5. The summed E-state index contributed by atoms with van der Waals surface area (Å²) < 4.78 is 38.2. The van der Waals surface area contributed by atoms with E-state index in [1.807, 2.05) is 37.3 Å². The average Bonchev–Trinajstić information content (AvgIpc) is 2.37. The molecule has 0 aliphatic rings. The van der Waals surface area contributed by atoms with Crippen molar-refractivity contribution in [2.24, 2.45) is 0 Å². The van der Waals surface area contributed by atoms with E-state index in [1.54, 1.807) is 0 Å². The maximum Gasteiger partial charge on any atom is 0.416 e. The number of nitrogens with two attached hydrogens (primary N) is 1. The highest BCUT2D eigenvalue weighted by atomic mass is 19.4. The van der Waals surface area contributed by atoms with Crippen LogP contribution in [0.2, 0.25) is 0 Å². The Hall–Kier alpha value is -2.24. The zero-order chi connectivity index (χ0) is 15.5. The van der Waals surface area contributed by atoms with Gasteiger partial charge in [-0.3, -0.25) is 0 Å². The number of nitrogens with one attached hydrogen (secondary N) is 1. The molecule has 0 aliphatic carbocycles. The molecule has 0 fully saturated rings. The highest BCUT2D eigenvalue weighted by Crippen LogP contribution is 2.31. The molecule has 0 saturated carbocycles. The predicted octanol–water partition coefficient (Wildman–Crippen LogP) is 3.73. The van der Waals surface area contributed by atoms with E-state index in [4.69, 9.17) is 5.73 Å². The highest BCUT2D eigenvalue weighted by molar-refractivity contribution is 5.48. The van der Waals surface area contributed by atoms with Crippen molar-refractivity contribution in [3.8, 4) is 0 Å². The van der Waals surface area contributed by atoms with Gasteiger partial charge in [-0.1, -0.05) is 30.3 Å². The Bertz CT molecular complexity index is 597. The molecular formula is C15H16F3N3. The fourth-order valence-corrected chi connectivity index (χ4v) is 2.06. The Morgan fingerprint density at radius 2 is 1.86 bits per heavy atom. The van der Waals surface area contributed by atoms with Gasteiger partial charge in [0.1, 0.15) is 11.6 Å². The predicted molar refractivity (Wildman–Crippen MR) is 76.9 cm³/mol. The quantitative estimate of drug-likeness (QED) is 0.903. The van der Waals surface area contributed by atoms with Crippen LogP contribution < -0.4 is 11.1 Å². The smallest absolute Gasteiger partial charge is 0.384 e. The number of aromatic nitrogens is 1. The van der Waals surface area contributed by atoms with Gasteiger partial charge < -0.3 is 11.1 Å². The summed E-state index contributed by atoms with van der Waals surface area (Å²) in [5.41, 5.74) is 5.73. The number of nitrogen functional groups attached to an aromatic ring is 1. The second-order valence-electron chi connectivity index (χ2n) is 4.90. The van der Waals surface area contributed by atoms with E-state index >= 15 is 0 Å². The van der Waals surface area contributed by atoms with Crippen molar-refractivity contribution < 1.29 is 13.2 Å². The Morgan fingerprint density at radius 3 is 2.48 bits per heavy atom. The molecule has 21 heavy (non-hydrogen) atoms. The van der Waals surface area contributed by atoms with Gasteiger partial charge in [-0.05, 0) is 31.0 Å². The van der Waals surface area contributed by atoms with E-state index in [0.717, 1.165) is 17.7 Å². The number of alkyl halides is 3. The molecule has 0 bridgehead atoms. The molecule has 3 nitrogen and oxygen atoms in total. The molecule has 1 aromatic heterocycles. The standard InChI is InChI=1S/C15H16F3N3/c1-10(7-11-5-3-2-4-6-11)20-14-9-12(15(16,17)18)8-13(19)21-14/h2-6,8-10H,7H2,1H3,(H3,19,20,21). The number of nitrogens with zero attached hydrogens (tertiary/aromatic N) is 1. The van der Waals surface area contributed by atoms with Gasteiger partial charge in [0, 0.05) is 6.04 Å². The number of halogens is 3. The first kappa shape index (κ1) is 15.2. The molecule has 1 unspecified atom stereocenters. The molecular weight excluding hydrogens is 279 g/mol. The van der Waals surface area contributed by atoms with Crippen molar-refractivity contribution in [1.29, 1.82) is 0 Å². The van der Waals surface area contributed by atoms with Crippen molar-refractivity contribution in [3.05, 3.63) is 53.6 Å². The monoisotopic (exact) mass is 295 g/mol. The van der Waals surface area contributed by atoms with Gasteiger partial charge in [-0.2, -0.15) is 13.2 Å². The minimum Gasteiger partial charge on any atom is -0.384 e. The van der Waals surface area contributed by atoms with Crippen LogP contribution in [0.15, 0.2) is 42.5 Å². The molecule has 0 radical (unpaired) electrons. The minimum atomic E-state index is -4.43. The van der Waals surface area contributed by atoms with Crippen molar-refractivity contribution >= 4 is 11.6 Å². The maximum absolute atomic E-state index is 12.7. The van der Waals surface area contributed by atoms with E-state index in [9.17, 15) is 13.2 Å². The third-order valence-electron chi connectivity index (χ3n) is 2.95. The molecule has 1 aromatic carbocycles. The summed E-state index contributed by atoms with van der Waals surface area (Å²) in [6.45, 7) is 1.88. The Labute approximate surface area is 121 Å². The highest BCUT2D eigenvalue weighted by Gasteiger charge is 2.31. The van der Waals surface area contributed by atoms with Crippen LogP contribution >= 0.6 is 0 Å². The van der Waals surface area contributed by atoms with Crippen LogP contribution in [0.25, 0.3) is 0 Å². The van der Waals surface area contributed by atoms with Gasteiger partial charge in [-0.25, -0.2) is 4.98 Å². The fourth-order valence-electron chi connectivity index (χ4n) is 2.06. The fraction of sp³-hybridized carbons (Fsp3) is 0.267. The second-order valence-corrected chi connectivity index (χ2v) is 4.90. The van der Waals surface area contributed by atoms with Gasteiger partial charge in [-0.15, -0.1) is 0 Å². The topological polar surface area (TPSA) is 50.9 Å². The van der Waals surface area contributed by atoms with Gasteiger partial charge in [0.05, 0.1) is 5.56 Å². The summed E-state index contributed by atoms with van der Waals surface area (Å²) in [5.74, 6) is -0.0232. The summed E-state index contributed by atoms with van der Waals surface area (Å²) in [6, 6.07) is 11.4. The summed E-state index contributed by atoms with van der Waals surface area (Å²) >= 11 is 0. The molecule has 1 heterocycles. The van der Waals surface area contributed by atoms with Crippen molar-refractivity contribution in [3.63, 3.8) is 0 Å². The van der Waals surface area contributed by atoms with Crippen LogP contribution in [0.3, 0.4) is 0 Å². The molecule has 0 aliphatic heterocycles. The lowest BCUT2D eigenvalue weighted by atomic mass is 10.1. The first-order valence-electron chi connectivity index (χ1n) is 6.50. The molecule has 2 rings (SSSR count). The number of rotatable bonds is 4. The molecule has 0 saturated heterocycles. The summed E-state index contributed by atoms with van der Waals surface area (Å²) in [5, 5.41) is 2.95. The summed E-state index contributed by atoms with van der Waals surface area (Å²) in [6.07, 6.45) is -3.76. The van der Waals surface area contributed by atoms with Gasteiger partial charge in [0.2, 0.25) is 0 Å². The van der Waals surface area contributed by atoms with E-state index in [-0.39, 0.29) is 17.7 Å². The molecule has 3 N–H and O–H groups in total. The van der Waals surface area contributed by atoms with Crippen LogP contribution in [0.4, 0.5) is 24.8 Å². The van der Waals surface area contributed by atoms with E-state index in [2.05, 4.69) is 10.3 Å². The maximum atomic E-state index is 12.7. The first-order valence-corrected chi connectivity index (χ1v) is 6.50. The lowest BCUT2D eigenvalue weighted by molar-refractivity contribution is -0.137. The van der Waals surface area contributed by atoms with Gasteiger partial charge >= 0.3 is 6.18 Å². The van der Waals surface area contributed by atoms with Crippen molar-refractivity contribution in [2.75, 3.05) is 11.1 Å². The lowest BCUT2D eigenvalue weighted by Crippen LogP contribution is -2.20.